The van der Waals surface area contributed by atoms with Gasteiger partial charge >= 0.3 is 0 Å². The topological polar surface area (TPSA) is 71.4 Å². The van der Waals surface area contributed by atoms with E-state index in [0.29, 0.717) is 23.4 Å². The highest BCUT2D eigenvalue weighted by molar-refractivity contribution is 8.18. The maximum atomic E-state index is 14.4. The van der Waals surface area contributed by atoms with Gasteiger partial charge < -0.3 is 9.88 Å². The number of aromatic nitrogens is 1. The van der Waals surface area contributed by atoms with Crippen LogP contribution in [0.5, 0.6) is 0 Å². The van der Waals surface area contributed by atoms with Gasteiger partial charge in [0.2, 0.25) is 5.91 Å². The lowest BCUT2D eigenvalue weighted by molar-refractivity contribution is -0.127. The van der Waals surface area contributed by atoms with E-state index < -0.39 is 29.4 Å². The molecule has 6 nitrogen and oxygen atoms in total. The minimum absolute atomic E-state index is 0.191. The van der Waals surface area contributed by atoms with E-state index in [1.54, 1.807) is 24.3 Å². The minimum Gasteiger partial charge on any atom is -0.342 e. The number of imide groups is 1. The molecule has 0 atom stereocenters. The number of nitrogens with zero attached hydrogens (tertiary/aromatic N) is 2. The molecule has 1 fully saturated rings. The smallest absolute Gasteiger partial charge is 0.294 e. The first-order valence-electron chi connectivity index (χ1n) is 12.0. The van der Waals surface area contributed by atoms with Gasteiger partial charge in [0, 0.05) is 28.4 Å². The van der Waals surface area contributed by atoms with Crippen molar-refractivity contribution in [3.05, 3.63) is 106 Å². The van der Waals surface area contributed by atoms with E-state index in [9.17, 15) is 23.2 Å². The van der Waals surface area contributed by atoms with Crippen LogP contribution in [-0.2, 0) is 22.6 Å². The number of amides is 3. The standard InChI is InChI=1S/C29H23F2N3O3S/c1-2-18-7-5-8-23-20(16-33(27(18)23)15-19-6-3-4-9-24(19)31)14-25-28(36)34(29(37)38-25)17-26(35)32-22-12-10-21(30)11-13-22/h3-14,16H,2,15,17H2,1H3,(H,32,35)/b25-14-. The summed E-state index contributed by atoms with van der Waals surface area (Å²) in [7, 11) is 0. The van der Waals surface area contributed by atoms with Crippen LogP contribution in [0.1, 0.15) is 23.6 Å². The van der Waals surface area contributed by atoms with Crippen LogP contribution in [0, 0.1) is 11.6 Å². The first-order chi connectivity index (χ1) is 18.3. The highest BCUT2D eigenvalue weighted by atomic mass is 32.2. The molecule has 192 valence electrons. The second-order valence-electron chi connectivity index (χ2n) is 8.79. The van der Waals surface area contributed by atoms with Crippen molar-refractivity contribution >= 4 is 51.5 Å². The first kappa shape index (κ1) is 25.4. The molecule has 4 aromatic rings. The largest absolute Gasteiger partial charge is 0.342 e. The molecule has 0 bridgehead atoms. The zero-order valence-corrected chi connectivity index (χ0v) is 21.2. The van der Waals surface area contributed by atoms with Crippen molar-refractivity contribution in [3.63, 3.8) is 0 Å². The molecule has 3 aromatic carbocycles. The van der Waals surface area contributed by atoms with E-state index in [2.05, 4.69) is 5.32 Å². The summed E-state index contributed by atoms with van der Waals surface area (Å²) in [6.07, 6.45) is 4.26. The van der Waals surface area contributed by atoms with Crippen LogP contribution in [0.4, 0.5) is 19.3 Å². The Balaban J connectivity index is 1.42. The van der Waals surface area contributed by atoms with Gasteiger partial charge in [-0.2, -0.15) is 0 Å². The van der Waals surface area contributed by atoms with Gasteiger partial charge in [0.1, 0.15) is 18.2 Å². The van der Waals surface area contributed by atoms with E-state index in [1.165, 1.54) is 30.3 Å². The fourth-order valence-corrected chi connectivity index (χ4v) is 5.28. The summed E-state index contributed by atoms with van der Waals surface area (Å²) in [4.78, 5) is 39.2. The number of rotatable bonds is 7. The Morgan fingerprint density at radius 1 is 0.974 bits per heavy atom. The van der Waals surface area contributed by atoms with Crippen LogP contribution in [-0.4, -0.2) is 33.1 Å². The van der Waals surface area contributed by atoms with Crippen molar-refractivity contribution in [1.82, 2.24) is 9.47 Å². The molecule has 0 aliphatic carbocycles. The lowest BCUT2D eigenvalue weighted by Gasteiger charge is -2.12. The van der Waals surface area contributed by atoms with Gasteiger partial charge in [-0.1, -0.05) is 43.3 Å². The number of anilines is 1. The zero-order chi connectivity index (χ0) is 26.8. The third-order valence-electron chi connectivity index (χ3n) is 6.28. The summed E-state index contributed by atoms with van der Waals surface area (Å²) >= 11 is 0.761. The molecule has 1 aliphatic rings. The molecule has 3 amide bonds. The fourth-order valence-electron chi connectivity index (χ4n) is 4.46. The van der Waals surface area contributed by atoms with E-state index in [0.717, 1.165) is 39.5 Å². The average molecular weight is 532 g/mol. The lowest BCUT2D eigenvalue weighted by atomic mass is 10.1. The Labute approximate surface area is 221 Å². The van der Waals surface area contributed by atoms with Crippen molar-refractivity contribution in [3.8, 4) is 0 Å². The van der Waals surface area contributed by atoms with Crippen LogP contribution in [0.15, 0.2) is 77.8 Å². The number of hydrogen-bond acceptors (Lipinski definition) is 4. The van der Waals surface area contributed by atoms with E-state index in [1.807, 2.05) is 35.9 Å². The summed E-state index contributed by atoms with van der Waals surface area (Å²) < 4.78 is 29.5. The third kappa shape index (κ3) is 5.10. The van der Waals surface area contributed by atoms with Gasteiger partial charge in [0.05, 0.1) is 17.0 Å². The number of thioether (sulfide) groups is 1. The van der Waals surface area contributed by atoms with Crippen LogP contribution < -0.4 is 5.32 Å². The highest BCUT2D eigenvalue weighted by Gasteiger charge is 2.36. The Morgan fingerprint density at radius 3 is 2.45 bits per heavy atom. The Morgan fingerprint density at radius 2 is 1.71 bits per heavy atom. The van der Waals surface area contributed by atoms with Gasteiger partial charge in [-0.25, -0.2) is 8.78 Å². The van der Waals surface area contributed by atoms with Gasteiger partial charge in [0.15, 0.2) is 0 Å². The molecule has 1 N–H and O–H groups in total. The van der Waals surface area contributed by atoms with Crippen LogP contribution in [0.3, 0.4) is 0 Å². The van der Waals surface area contributed by atoms with Crippen molar-refractivity contribution < 1.29 is 23.2 Å². The molecule has 1 aromatic heterocycles. The maximum absolute atomic E-state index is 14.4. The molecule has 0 saturated carbocycles. The number of para-hydroxylation sites is 1. The van der Waals surface area contributed by atoms with E-state index in [4.69, 9.17) is 0 Å². The van der Waals surface area contributed by atoms with Crippen LogP contribution >= 0.6 is 11.8 Å². The second kappa shape index (κ2) is 10.6. The van der Waals surface area contributed by atoms with Gasteiger partial charge in [-0.05, 0) is 60.2 Å². The molecule has 0 radical (unpaired) electrons. The number of carbonyl (C=O) groups excluding carboxylic acids is 3. The predicted octanol–water partition coefficient (Wildman–Crippen LogP) is 6.21. The quantitative estimate of drug-likeness (QED) is 0.288. The lowest BCUT2D eigenvalue weighted by Crippen LogP contribution is -2.36. The van der Waals surface area contributed by atoms with Crippen molar-refractivity contribution in [2.24, 2.45) is 0 Å². The summed E-state index contributed by atoms with van der Waals surface area (Å²) in [5, 5.41) is 2.88. The molecular formula is C29H23F2N3O3S. The number of carbonyl (C=O) groups is 3. The van der Waals surface area contributed by atoms with Gasteiger partial charge in [0.25, 0.3) is 11.1 Å². The second-order valence-corrected chi connectivity index (χ2v) is 9.79. The molecule has 2 heterocycles. The number of benzene rings is 3. The number of nitrogens with one attached hydrogen (secondary N) is 1. The molecular weight excluding hydrogens is 508 g/mol. The van der Waals surface area contributed by atoms with Crippen LogP contribution in [0.25, 0.3) is 17.0 Å². The Kier molecular flexibility index (Phi) is 7.11. The minimum atomic E-state index is -0.575. The van der Waals surface area contributed by atoms with Gasteiger partial charge in [-0.3, -0.25) is 19.3 Å². The van der Waals surface area contributed by atoms with Crippen molar-refractivity contribution in [1.29, 1.82) is 0 Å². The number of aryl methyl sites for hydroxylation is 1. The number of fused-ring (bicyclic) bond motifs is 1. The van der Waals surface area contributed by atoms with Gasteiger partial charge in [-0.15, -0.1) is 0 Å². The van der Waals surface area contributed by atoms with Crippen LogP contribution in [0.2, 0.25) is 0 Å². The zero-order valence-electron chi connectivity index (χ0n) is 20.4. The van der Waals surface area contributed by atoms with Crippen molar-refractivity contribution in [2.45, 2.75) is 19.9 Å². The first-order valence-corrected chi connectivity index (χ1v) is 12.8. The number of hydrogen-bond donors (Lipinski definition) is 1. The molecule has 1 saturated heterocycles. The summed E-state index contributed by atoms with van der Waals surface area (Å²) in [6, 6.07) is 17.6. The molecule has 5 rings (SSSR count). The van der Waals surface area contributed by atoms with E-state index >= 15 is 0 Å². The predicted molar refractivity (Wildman–Crippen MR) is 145 cm³/mol. The molecule has 0 unspecified atom stereocenters. The Bertz CT molecular complexity index is 1590. The third-order valence-corrected chi connectivity index (χ3v) is 7.19. The van der Waals surface area contributed by atoms with Crippen molar-refractivity contribution in [2.75, 3.05) is 11.9 Å². The SMILES string of the molecule is CCc1cccc2c(/C=C3\SC(=O)N(CC(=O)Nc4ccc(F)cc4)C3=O)cn(Cc3ccccc3F)c12. The normalized spacial score (nSPS) is 14.6. The average Bonchev–Trinajstić information content (AvgIpc) is 3.38. The summed E-state index contributed by atoms with van der Waals surface area (Å²) in [5.41, 5.74) is 3.61. The maximum Gasteiger partial charge on any atom is 0.294 e. The summed E-state index contributed by atoms with van der Waals surface area (Å²) in [5.74, 6) is -1.89. The fraction of sp³-hybridized carbons (Fsp3) is 0.138. The highest BCUT2D eigenvalue weighted by Crippen LogP contribution is 2.35. The molecule has 1 aliphatic heterocycles. The molecule has 38 heavy (non-hydrogen) atoms. The number of halogens is 2. The monoisotopic (exact) mass is 531 g/mol. The Hall–Kier alpha value is -4.24. The van der Waals surface area contributed by atoms with E-state index in [-0.39, 0.29) is 10.7 Å². The molecule has 0 spiro atoms. The summed E-state index contributed by atoms with van der Waals surface area (Å²) in [6.45, 7) is 1.88. The molecule has 9 heteroatoms.